The zero-order valence-corrected chi connectivity index (χ0v) is 16.5. The van der Waals surface area contributed by atoms with Gasteiger partial charge in [0, 0.05) is 11.1 Å². The van der Waals surface area contributed by atoms with Gasteiger partial charge in [0.2, 0.25) is 0 Å². The van der Waals surface area contributed by atoms with Gasteiger partial charge in [-0.3, -0.25) is 0 Å². The van der Waals surface area contributed by atoms with Crippen LogP contribution < -0.4 is 0 Å². The van der Waals surface area contributed by atoms with Gasteiger partial charge < -0.3 is 5.11 Å². The van der Waals surface area contributed by atoms with E-state index in [1.54, 1.807) is 0 Å². The molecule has 0 saturated heterocycles. The largest absolute Gasteiger partial charge is 0.508 e. The van der Waals surface area contributed by atoms with Crippen LogP contribution in [0.25, 0.3) is 0 Å². The fourth-order valence-corrected chi connectivity index (χ4v) is 6.23. The number of rotatable bonds is 2. The number of benzene rings is 2. The summed E-state index contributed by atoms with van der Waals surface area (Å²) in [6.45, 7) is 2.43. The Morgan fingerprint density at radius 1 is 1.04 bits per heavy atom. The first-order valence-electron chi connectivity index (χ1n) is 10.6. The number of hydrogen-bond acceptors (Lipinski definition) is 3. The van der Waals surface area contributed by atoms with Crippen molar-refractivity contribution in [2.75, 3.05) is 0 Å². The van der Waals surface area contributed by atoms with Crippen molar-refractivity contribution in [1.82, 2.24) is 0 Å². The quantitative estimate of drug-likeness (QED) is 0.531. The van der Waals surface area contributed by atoms with E-state index < -0.39 is 0 Å². The van der Waals surface area contributed by atoms with E-state index in [0.717, 1.165) is 24.3 Å². The third-order valence-electron chi connectivity index (χ3n) is 7.64. The molecule has 2 fully saturated rings. The van der Waals surface area contributed by atoms with E-state index in [9.17, 15) is 5.11 Å². The van der Waals surface area contributed by atoms with E-state index in [1.165, 1.54) is 42.5 Å². The summed E-state index contributed by atoms with van der Waals surface area (Å²) in [4.78, 5) is 0. The predicted molar refractivity (Wildman–Crippen MR) is 114 cm³/mol. The highest BCUT2D eigenvalue weighted by molar-refractivity contribution is 5.93. The van der Waals surface area contributed by atoms with E-state index in [1.807, 2.05) is 36.5 Å². The van der Waals surface area contributed by atoms with Gasteiger partial charge in [0.05, 0.1) is 6.21 Å². The van der Waals surface area contributed by atoms with Gasteiger partial charge in [-0.2, -0.15) is 10.2 Å². The molecule has 0 bridgehead atoms. The van der Waals surface area contributed by atoms with Crippen molar-refractivity contribution in [3.8, 4) is 5.75 Å². The monoisotopic (exact) mass is 372 g/mol. The summed E-state index contributed by atoms with van der Waals surface area (Å²) in [6, 6.07) is 16.2. The molecule has 2 saturated carbocycles. The smallest absolute Gasteiger partial charge is 0.115 e. The van der Waals surface area contributed by atoms with Crippen molar-refractivity contribution in [2.24, 2.45) is 27.5 Å². The van der Waals surface area contributed by atoms with Crippen LogP contribution in [0.15, 0.2) is 58.7 Å². The Morgan fingerprint density at radius 3 is 2.75 bits per heavy atom. The molecule has 0 aliphatic heterocycles. The maximum Gasteiger partial charge on any atom is 0.115 e. The summed E-state index contributed by atoms with van der Waals surface area (Å²) in [5.74, 6) is 2.50. The summed E-state index contributed by atoms with van der Waals surface area (Å²) in [5.41, 5.74) is 5.46. The standard InChI is InChI=1S/C25H28N2O/c1-25-14-13-21-20-10-8-19(28)15-18(20)7-9-22(21)23(25)11-12-24(25)27-26-16-17-5-3-2-4-6-17/h2-6,8,10,15-16,21-23,28H,7,9,11-14H2,1H3/b26-16-,27-24-/t21-,22-,23-,25-/m0/s1. The van der Waals surface area contributed by atoms with E-state index in [4.69, 9.17) is 5.10 Å². The normalized spacial score (nSPS) is 32.9. The highest BCUT2D eigenvalue weighted by Crippen LogP contribution is 2.60. The molecule has 5 rings (SSSR count). The van der Waals surface area contributed by atoms with Crippen LogP contribution in [-0.2, 0) is 6.42 Å². The molecule has 4 atom stereocenters. The molecular weight excluding hydrogens is 344 g/mol. The Labute approximate surface area is 167 Å². The van der Waals surface area contributed by atoms with E-state index in [2.05, 4.69) is 30.2 Å². The van der Waals surface area contributed by atoms with Crippen molar-refractivity contribution in [1.29, 1.82) is 0 Å². The highest BCUT2D eigenvalue weighted by atomic mass is 16.3. The topological polar surface area (TPSA) is 45.0 Å². The predicted octanol–water partition coefficient (Wildman–Crippen LogP) is 5.72. The maximum absolute atomic E-state index is 9.85. The highest BCUT2D eigenvalue weighted by Gasteiger charge is 2.53. The maximum atomic E-state index is 9.85. The molecule has 0 aromatic heterocycles. The van der Waals surface area contributed by atoms with Gasteiger partial charge in [0.15, 0.2) is 0 Å². The zero-order valence-electron chi connectivity index (χ0n) is 16.5. The number of fused-ring (bicyclic) bond motifs is 5. The minimum absolute atomic E-state index is 0.198. The average molecular weight is 373 g/mol. The Hall–Kier alpha value is -2.42. The van der Waals surface area contributed by atoms with Gasteiger partial charge in [0.1, 0.15) is 5.75 Å². The lowest BCUT2D eigenvalue weighted by Gasteiger charge is -2.49. The van der Waals surface area contributed by atoms with Gasteiger partial charge >= 0.3 is 0 Å². The summed E-state index contributed by atoms with van der Waals surface area (Å²) >= 11 is 0. The Bertz CT molecular complexity index is 933. The van der Waals surface area contributed by atoms with Crippen molar-refractivity contribution >= 4 is 11.9 Å². The molecule has 3 heteroatoms. The molecule has 2 aromatic rings. The van der Waals surface area contributed by atoms with Crippen LogP contribution in [0.1, 0.15) is 61.6 Å². The fraction of sp³-hybridized carbons (Fsp3) is 0.440. The van der Waals surface area contributed by atoms with Crippen LogP contribution in [0, 0.1) is 17.3 Å². The second-order valence-electron chi connectivity index (χ2n) is 9.00. The van der Waals surface area contributed by atoms with Gasteiger partial charge in [-0.1, -0.05) is 43.3 Å². The average Bonchev–Trinajstić information content (AvgIpc) is 3.05. The SMILES string of the molecule is C[C@]12CC[C@H]3c4ccc(O)cc4CC[C@@H]3[C@@H]1CC/C2=N/N=C\c1ccccc1. The first-order chi connectivity index (χ1) is 13.6. The number of hydrogen-bond donors (Lipinski definition) is 1. The van der Waals surface area contributed by atoms with Gasteiger partial charge in [0.25, 0.3) is 0 Å². The van der Waals surface area contributed by atoms with E-state index in [0.29, 0.717) is 17.6 Å². The Balaban J connectivity index is 1.39. The molecule has 3 aliphatic rings. The number of aryl methyl sites for hydroxylation is 1. The zero-order chi connectivity index (χ0) is 19.1. The van der Waals surface area contributed by atoms with Gasteiger partial charge in [-0.15, -0.1) is 0 Å². The Kier molecular flexibility index (Phi) is 4.34. The van der Waals surface area contributed by atoms with Crippen molar-refractivity contribution in [2.45, 2.75) is 51.4 Å². The minimum atomic E-state index is 0.198. The molecule has 28 heavy (non-hydrogen) atoms. The lowest BCUT2D eigenvalue weighted by molar-refractivity contribution is 0.0955. The van der Waals surface area contributed by atoms with Gasteiger partial charge in [-0.05, 0) is 85.1 Å². The molecule has 144 valence electrons. The molecule has 0 radical (unpaired) electrons. The molecule has 0 heterocycles. The Morgan fingerprint density at radius 2 is 1.89 bits per heavy atom. The van der Waals surface area contributed by atoms with Crippen LogP contribution in [0.5, 0.6) is 5.75 Å². The molecule has 3 nitrogen and oxygen atoms in total. The van der Waals surface area contributed by atoms with Crippen LogP contribution >= 0.6 is 0 Å². The molecule has 2 aromatic carbocycles. The molecule has 1 N–H and O–H groups in total. The third kappa shape index (κ3) is 2.88. The van der Waals surface area contributed by atoms with Crippen molar-refractivity contribution in [3.63, 3.8) is 0 Å². The number of phenolic OH excluding ortho intramolecular Hbond substituents is 1. The number of nitrogens with zero attached hydrogens (tertiary/aromatic N) is 2. The van der Waals surface area contributed by atoms with Crippen LogP contribution in [0.3, 0.4) is 0 Å². The summed E-state index contributed by atoms with van der Waals surface area (Å²) in [6.07, 6.45) is 8.94. The summed E-state index contributed by atoms with van der Waals surface area (Å²) < 4.78 is 0. The van der Waals surface area contributed by atoms with Gasteiger partial charge in [-0.25, -0.2) is 0 Å². The first-order valence-corrected chi connectivity index (χ1v) is 10.6. The first kappa shape index (κ1) is 17.7. The summed E-state index contributed by atoms with van der Waals surface area (Å²) in [5, 5.41) is 19.0. The van der Waals surface area contributed by atoms with E-state index >= 15 is 0 Å². The van der Waals surface area contributed by atoms with E-state index in [-0.39, 0.29) is 5.41 Å². The second-order valence-corrected chi connectivity index (χ2v) is 9.00. The minimum Gasteiger partial charge on any atom is -0.508 e. The molecule has 3 aliphatic carbocycles. The molecule has 0 spiro atoms. The number of phenols is 1. The number of aromatic hydroxyl groups is 1. The summed E-state index contributed by atoms with van der Waals surface area (Å²) in [7, 11) is 0. The molecule has 0 amide bonds. The van der Waals surface area contributed by atoms with Crippen molar-refractivity contribution < 1.29 is 5.11 Å². The third-order valence-corrected chi connectivity index (χ3v) is 7.64. The van der Waals surface area contributed by atoms with Crippen LogP contribution in [0.2, 0.25) is 0 Å². The lowest BCUT2D eigenvalue weighted by atomic mass is 9.55. The van der Waals surface area contributed by atoms with Crippen LogP contribution in [0.4, 0.5) is 0 Å². The molecular formula is C25H28N2O. The van der Waals surface area contributed by atoms with Crippen molar-refractivity contribution in [3.05, 3.63) is 65.2 Å². The molecule has 0 unspecified atom stereocenters. The second kappa shape index (κ2) is 6.88. The lowest BCUT2D eigenvalue weighted by Crippen LogP contribution is -2.42. The fourth-order valence-electron chi connectivity index (χ4n) is 6.23. The van der Waals surface area contributed by atoms with Crippen LogP contribution in [-0.4, -0.2) is 17.0 Å².